The molecule has 1 fully saturated rings. The fourth-order valence-electron chi connectivity index (χ4n) is 2.60. The second-order valence-corrected chi connectivity index (χ2v) is 6.21. The largest absolute Gasteiger partial charge is 0.371 e. The summed E-state index contributed by atoms with van der Waals surface area (Å²) in [5.41, 5.74) is 8.56. The van der Waals surface area contributed by atoms with Crippen LogP contribution in [-0.4, -0.2) is 19.1 Å². The molecule has 1 aliphatic rings. The molecule has 2 unspecified atom stereocenters. The second kappa shape index (κ2) is 6.15. The van der Waals surface area contributed by atoms with Crippen LogP contribution < -0.4 is 10.6 Å². The molecule has 0 aliphatic heterocycles. The Balaban J connectivity index is 2.25. The molecule has 3 heteroatoms. The summed E-state index contributed by atoms with van der Waals surface area (Å²) in [4.78, 5) is 2.38. The molecular formula is C16H25ClN2. The molecule has 0 radical (unpaired) electrons. The first kappa shape index (κ1) is 14.7. The van der Waals surface area contributed by atoms with Crippen molar-refractivity contribution in [1.82, 2.24) is 0 Å². The van der Waals surface area contributed by atoms with Crippen LogP contribution in [0.4, 0.5) is 5.69 Å². The number of halogens is 1. The smallest absolute Gasteiger partial charge is 0.0459 e. The van der Waals surface area contributed by atoms with Crippen molar-refractivity contribution in [3.8, 4) is 0 Å². The first-order chi connectivity index (χ1) is 9.04. The van der Waals surface area contributed by atoms with Crippen molar-refractivity contribution in [2.45, 2.75) is 51.6 Å². The molecule has 1 aromatic carbocycles. The lowest BCUT2D eigenvalue weighted by atomic mass is 10.0. The Morgan fingerprint density at radius 2 is 2.11 bits per heavy atom. The van der Waals surface area contributed by atoms with Gasteiger partial charge in [-0.1, -0.05) is 24.6 Å². The quantitative estimate of drug-likeness (QED) is 0.857. The normalized spacial score (nSPS) is 18.2. The van der Waals surface area contributed by atoms with Crippen LogP contribution in [0.15, 0.2) is 18.2 Å². The number of hydrogen-bond donors (Lipinski definition) is 1. The zero-order valence-electron chi connectivity index (χ0n) is 12.2. The predicted octanol–water partition coefficient (Wildman–Crippen LogP) is 3.85. The van der Waals surface area contributed by atoms with Crippen LogP contribution in [-0.2, 0) is 6.42 Å². The highest BCUT2D eigenvalue weighted by molar-refractivity contribution is 6.31. The van der Waals surface area contributed by atoms with Gasteiger partial charge >= 0.3 is 0 Å². The molecule has 19 heavy (non-hydrogen) atoms. The van der Waals surface area contributed by atoms with Crippen LogP contribution in [0.1, 0.15) is 38.7 Å². The molecule has 0 spiro atoms. The van der Waals surface area contributed by atoms with Crippen molar-refractivity contribution < 1.29 is 0 Å². The fraction of sp³-hybridized carbons (Fsp3) is 0.625. The Bertz CT molecular complexity index is 429. The van der Waals surface area contributed by atoms with E-state index in [1.165, 1.54) is 24.1 Å². The van der Waals surface area contributed by atoms with Crippen molar-refractivity contribution in [1.29, 1.82) is 0 Å². The molecule has 0 bridgehead atoms. The maximum atomic E-state index is 6.39. The average molecular weight is 281 g/mol. The third kappa shape index (κ3) is 3.43. The van der Waals surface area contributed by atoms with Gasteiger partial charge < -0.3 is 10.6 Å². The van der Waals surface area contributed by atoms with Gasteiger partial charge in [0, 0.05) is 29.8 Å². The summed E-state index contributed by atoms with van der Waals surface area (Å²) in [7, 11) is 2.18. The third-order valence-electron chi connectivity index (χ3n) is 4.38. The molecule has 0 amide bonds. The maximum Gasteiger partial charge on any atom is 0.0459 e. The summed E-state index contributed by atoms with van der Waals surface area (Å²) in [5, 5.41) is 0.844. The van der Waals surface area contributed by atoms with Gasteiger partial charge in [-0.25, -0.2) is 0 Å². The molecule has 1 aromatic rings. The summed E-state index contributed by atoms with van der Waals surface area (Å²) in [5.74, 6) is 0.844. The Hall–Kier alpha value is -0.730. The van der Waals surface area contributed by atoms with E-state index in [1.807, 2.05) is 12.1 Å². The van der Waals surface area contributed by atoms with Crippen LogP contribution >= 0.6 is 11.6 Å². The van der Waals surface area contributed by atoms with Gasteiger partial charge in [0.05, 0.1) is 0 Å². The summed E-state index contributed by atoms with van der Waals surface area (Å²) in [6, 6.07) is 6.94. The number of benzene rings is 1. The molecular weight excluding hydrogens is 256 g/mol. The highest BCUT2D eigenvalue weighted by atomic mass is 35.5. The zero-order chi connectivity index (χ0) is 14.0. The van der Waals surface area contributed by atoms with Crippen molar-refractivity contribution in [3.05, 3.63) is 28.8 Å². The van der Waals surface area contributed by atoms with E-state index < -0.39 is 0 Å². The molecule has 2 nitrogen and oxygen atoms in total. The van der Waals surface area contributed by atoms with Gasteiger partial charge in [-0.3, -0.25) is 0 Å². The Kier molecular flexibility index (Phi) is 4.75. The fourth-order valence-corrected chi connectivity index (χ4v) is 2.85. The number of hydrogen-bond acceptors (Lipinski definition) is 2. The van der Waals surface area contributed by atoms with E-state index in [4.69, 9.17) is 17.3 Å². The monoisotopic (exact) mass is 280 g/mol. The minimum absolute atomic E-state index is 0.184. The molecule has 1 saturated carbocycles. The van der Waals surface area contributed by atoms with Crippen molar-refractivity contribution in [2.24, 2.45) is 11.7 Å². The van der Waals surface area contributed by atoms with E-state index >= 15 is 0 Å². The Morgan fingerprint density at radius 3 is 2.68 bits per heavy atom. The van der Waals surface area contributed by atoms with E-state index in [9.17, 15) is 0 Å². The van der Waals surface area contributed by atoms with Gasteiger partial charge in [-0.2, -0.15) is 0 Å². The standard InChI is InChI=1S/C16H25ClN2/c1-4-13(18)10-14-15(17)6-5-7-16(14)19(3)11(2)12-8-9-12/h5-7,11-13H,4,8-10,18H2,1-3H3. The van der Waals surface area contributed by atoms with Crippen molar-refractivity contribution >= 4 is 17.3 Å². The summed E-state index contributed by atoms with van der Waals surface area (Å²) < 4.78 is 0. The second-order valence-electron chi connectivity index (χ2n) is 5.80. The SMILES string of the molecule is CCC(N)Cc1c(Cl)cccc1N(C)C(C)C1CC1. The molecule has 0 heterocycles. The number of anilines is 1. The molecule has 0 aromatic heterocycles. The van der Waals surface area contributed by atoms with Crippen LogP contribution in [0.5, 0.6) is 0 Å². The summed E-state index contributed by atoms with van der Waals surface area (Å²) in [6.45, 7) is 4.43. The molecule has 106 valence electrons. The van der Waals surface area contributed by atoms with E-state index in [1.54, 1.807) is 0 Å². The van der Waals surface area contributed by atoms with Crippen molar-refractivity contribution in [3.63, 3.8) is 0 Å². The first-order valence-electron chi connectivity index (χ1n) is 7.30. The summed E-state index contributed by atoms with van der Waals surface area (Å²) in [6.07, 6.45) is 4.55. The Labute approximate surface area is 121 Å². The lowest BCUT2D eigenvalue weighted by Gasteiger charge is -2.30. The van der Waals surface area contributed by atoms with Crippen LogP contribution in [0.3, 0.4) is 0 Å². The van der Waals surface area contributed by atoms with E-state index in [0.29, 0.717) is 6.04 Å². The lowest BCUT2D eigenvalue weighted by molar-refractivity contribution is 0.601. The van der Waals surface area contributed by atoms with E-state index in [2.05, 4.69) is 31.9 Å². The van der Waals surface area contributed by atoms with E-state index in [-0.39, 0.29) is 6.04 Å². The lowest BCUT2D eigenvalue weighted by Crippen LogP contribution is -2.32. The topological polar surface area (TPSA) is 29.3 Å². The average Bonchev–Trinajstić information content (AvgIpc) is 3.23. The van der Waals surface area contributed by atoms with Crippen LogP contribution in [0.25, 0.3) is 0 Å². The predicted molar refractivity (Wildman–Crippen MR) is 84.0 cm³/mol. The highest BCUT2D eigenvalue weighted by Crippen LogP contribution is 2.38. The van der Waals surface area contributed by atoms with Gasteiger partial charge in [-0.05, 0) is 56.2 Å². The molecule has 2 N–H and O–H groups in total. The minimum Gasteiger partial charge on any atom is -0.371 e. The third-order valence-corrected chi connectivity index (χ3v) is 4.73. The highest BCUT2D eigenvalue weighted by Gasteiger charge is 2.31. The number of nitrogens with two attached hydrogens (primary N) is 1. The molecule has 0 saturated heterocycles. The van der Waals surface area contributed by atoms with Gasteiger partial charge in [0.25, 0.3) is 0 Å². The maximum absolute atomic E-state index is 6.39. The number of nitrogens with zero attached hydrogens (tertiary/aromatic N) is 1. The molecule has 2 atom stereocenters. The molecule has 1 aliphatic carbocycles. The van der Waals surface area contributed by atoms with Crippen LogP contribution in [0, 0.1) is 5.92 Å². The number of rotatable bonds is 6. The van der Waals surface area contributed by atoms with Crippen LogP contribution in [0.2, 0.25) is 5.02 Å². The first-order valence-corrected chi connectivity index (χ1v) is 7.68. The zero-order valence-corrected chi connectivity index (χ0v) is 13.0. The molecule has 2 rings (SSSR count). The summed E-state index contributed by atoms with van der Waals surface area (Å²) >= 11 is 6.39. The van der Waals surface area contributed by atoms with Gasteiger partial charge in [-0.15, -0.1) is 0 Å². The van der Waals surface area contributed by atoms with Gasteiger partial charge in [0.15, 0.2) is 0 Å². The minimum atomic E-state index is 0.184. The Morgan fingerprint density at radius 1 is 1.42 bits per heavy atom. The van der Waals surface area contributed by atoms with Crippen molar-refractivity contribution in [2.75, 3.05) is 11.9 Å². The van der Waals surface area contributed by atoms with Gasteiger partial charge in [0.1, 0.15) is 0 Å². The van der Waals surface area contributed by atoms with E-state index in [0.717, 1.165) is 23.8 Å². The van der Waals surface area contributed by atoms with Gasteiger partial charge in [0.2, 0.25) is 0 Å².